The number of hydrogen-bond acceptors (Lipinski definition) is 4. The predicted molar refractivity (Wildman–Crippen MR) is 90.7 cm³/mol. The van der Waals surface area contributed by atoms with Gasteiger partial charge in [0.2, 0.25) is 0 Å². The Morgan fingerprint density at radius 2 is 1.59 bits per heavy atom. The summed E-state index contributed by atoms with van der Waals surface area (Å²) in [6, 6.07) is 6.40. The highest BCUT2D eigenvalue weighted by molar-refractivity contribution is 7.90. The van der Waals surface area contributed by atoms with Gasteiger partial charge in [0.25, 0.3) is 0 Å². The molecule has 0 spiro atoms. The molecule has 0 fully saturated rings. The Bertz CT molecular complexity index is 583. The van der Waals surface area contributed by atoms with Gasteiger partial charge in [-0.2, -0.15) is 0 Å². The van der Waals surface area contributed by atoms with Gasteiger partial charge in [0, 0.05) is 18.3 Å². The molecule has 1 rings (SSSR count). The summed E-state index contributed by atoms with van der Waals surface area (Å²) in [6.45, 7) is 11.3. The SMILES string of the molecule is CC(C)(C)CC(C)(C)NCC(O)c1ccc(S(C)(=O)=O)cc1. The summed E-state index contributed by atoms with van der Waals surface area (Å²) in [5.41, 5.74) is 0.844. The van der Waals surface area contributed by atoms with Gasteiger partial charge in [-0.25, -0.2) is 8.42 Å². The minimum absolute atomic E-state index is 0.0775. The molecule has 22 heavy (non-hydrogen) atoms. The van der Waals surface area contributed by atoms with Crippen LogP contribution in [-0.2, 0) is 9.84 Å². The van der Waals surface area contributed by atoms with E-state index in [0.29, 0.717) is 12.1 Å². The second-order valence-corrected chi connectivity index (χ2v) is 9.87. The normalized spacial score (nSPS) is 14.9. The van der Waals surface area contributed by atoms with Crippen molar-refractivity contribution in [2.75, 3.05) is 12.8 Å². The molecule has 1 aromatic rings. The summed E-state index contributed by atoms with van der Waals surface area (Å²) < 4.78 is 22.9. The van der Waals surface area contributed by atoms with Gasteiger partial charge in [0.15, 0.2) is 9.84 Å². The molecule has 0 heterocycles. The van der Waals surface area contributed by atoms with Crippen LogP contribution in [0.15, 0.2) is 29.2 Å². The fourth-order valence-electron chi connectivity index (χ4n) is 2.82. The molecule has 2 N–H and O–H groups in total. The molecule has 0 aliphatic heterocycles. The van der Waals surface area contributed by atoms with E-state index in [1.807, 2.05) is 0 Å². The van der Waals surface area contributed by atoms with Gasteiger partial charge in [0.05, 0.1) is 11.0 Å². The van der Waals surface area contributed by atoms with Gasteiger partial charge in [-0.1, -0.05) is 32.9 Å². The van der Waals surface area contributed by atoms with E-state index in [-0.39, 0.29) is 15.8 Å². The van der Waals surface area contributed by atoms with Crippen LogP contribution in [0.3, 0.4) is 0 Å². The van der Waals surface area contributed by atoms with Crippen LogP contribution in [0.4, 0.5) is 0 Å². The Hall–Kier alpha value is -0.910. The van der Waals surface area contributed by atoms with E-state index >= 15 is 0 Å². The molecule has 4 nitrogen and oxygen atoms in total. The predicted octanol–water partition coefficient (Wildman–Crippen LogP) is 2.93. The van der Waals surface area contributed by atoms with Crippen LogP contribution in [0.1, 0.15) is 52.7 Å². The Balaban J connectivity index is 2.68. The van der Waals surface area contributed by atoms with Crippen LogP contribution < -0.4 is 5.32 Å². The van der Waals surface area contributed by atoms with Gasteiger partial charge >= 0.3 is 0 Å². The third-order valence-electron chi connectivity index (χ3n) is 3.44. The van der Waals surface area contributed by atoms with Crippen molar-refractivity contribution in [1.82, 2.24) is 5.32 Å². The van der Waals surface area contributed by atoms with Crippen LogP contribution >= 0.6 is 0 Å². The summed E-state index contributed by atoms with van der Waals surface area (Å²) >= 11 is 0. The molecule has 126 valence electrons. The summed E-state index contributed by atoms with van der Waals surface area (Å²) in [7, 11) is -3.20. The molecule has 0 aliphatic rings. The van der Waals surface area contributed by atoms with Crippen molar-refractivity contribution in [1.29, 1.82) is 0 Å². The zero-order valence-electron chi connectivity index (χ0n) is 14.5. The lowest BCUT2D eigenvalue weighted by molar-refractivity contribution is 0.148. The van der Waals surface area contributed by atoms with Gasteiger partial charge in [-0.05, 0) is 43.4 Å². The Morgan fingerprint density at radius 1 is 1.09 bits per heavy atom. The fraction of sp³-hybridized carbons (Fsp3) is 0.647. The summed E-state index contributed by atoms with van der Waals surface area (Å²) in [5, 5.41) is 13.7. The molecule has 0 radical (unpaired) electrons. The average Bonchev–Trinajstić information content (AvgIpc) is 2.32. The lowest BCUT2D eigenvalue weighted by Crippen LogP contribution is -2.44. The topological polar surface area (TPSA) is 66.4 Å². The lowest BCUT2D eigenvalue weighted by atomic mass is 9.81. The maximum absolute atomic E-state index is 11.4. The quantitative estimate of drug-likeness (QED) is 0.843. The van der Waals surface area contributed by atoms with E-state index in [2.05, 4.69) is 39.9 Å². The molecule has 0 bridgehead atoms. The van der Waals surface area contributed by atoms with Crippen LogP contribution in [0.25, 0.3) is 0 Å². The molecule has 1 aromatic carbocycles. The molecule has 0 aromatic heterocycles. The van der Waals surface area contributed by atoms with E-state index in [1.165, 1.54) is 18.4 Å². The first-order valence-corrected chi connectivity index (χ1v) is 9.42. The minimum Gasteiger partial charge on any atom is -0.387 e. The summed E-state index contributed by atoms with van der Waals surface area (Å²) in [6.07, 6.45) is 1.50. The molecule has 1 atom stereocenters. The van der Waals surface area contributed by atoms with E-state index < -0.39 is 15.9 Å². The van der Waals surface area contributed by atoms with Crippen molar-refractivity contribution in [3.05, 3.63) is 29.8 Å². The van der Waals surface area contributed by atoms with Crippen molar-refractivity contribution >= 4 is 9.84 Å². The van der Waals surface area contributed by atoms with Crippen molar-refractivity contribution in [3.63, 3.8) is 0 Å². The van der Waals surface area contributed by atoms with Crippen LogP contribution in [0, 0.1) is 5.41 Å². The number of aliphatic hydroxyl groups is 1. The zero-order valence-corrected chi connectivity index (χ0v) is 15.3. The van der Waals surface area contributed by atoms with E-state index in [0.717, 1.165) is 6.42 Å². The third-order valence-corrected chi connectivity index (χ3v) is 4.57. The number of hydrogen-bond donors (Lipinski definition) is 2. The van der Waals surface area contributed by atoms with E-state index in [9.17, 15) is 13.5 Å². The molecule has 0 saturated carbocycles. The van der Waals surface area contributed by atoms with Gasteiger partial charge in [-0.15, -0.1) is 0 Å². The van der Waals surface area contributed by atoms with Crippen LogP contribution in [0.5, 0.6) is 0 Å². The second kappa shape index (κ2) is 6.69. The first kappa shape index (κ1) is 19.1. The number of β-amino-alcohol motifs (C(OH)–C–C–N with tert-alkyl or cyclic N) is 1. The number of rotatable bonds is 6. The number of nitrogens with one attached hydrogen (secondary N) is 1. The highest BCUT2D eigenvalue weighted by Gasteiger charge is 2.25. The first-order valence-electron chi connectivity index (χ1n) is 7.53. The summed E-state index contributed by atoms with van der Waals surface area (Å²) in [5.74, 6) is 0. The molecular weight excluding hydrogens is 298 g/mol. The number of aliphatic hydroxyl groups excluding tert-OH is 1. The first-order chi connectivity index (χ1) is 9.80. The van der Waals surface area contributed by atoms with Crippen LogP contribution in [0.2, 0.25) is 0 Å². The largest absolute Gasteiger partial charge is 0.387 e. The standard InChI is InChI=1S/C17H29NO3S/c1-16(2,3)12-17(4,5)18-11-15(19)13-7-9-14(10-8-13)22(6,20)21/h7-10,15,18-19H,11-12H2,1-6H3. The average molecular weight is 327 g/mol. The Kier molecular flexibility index (Phi) is 5.82. The molecule has 5 heteroatoms. The van der Waals surface area contributed by atoms with Gasteiger partial charge in [-0.3, -0.25) is 0 Å². The van der Waals surface area contributed by atoms with Crippen molar-refractivity contribution < 1.29 is 13.5 Å². The highest BCUT2D eigenvalue weighted by Crippen LogP contribution is 2.27. The Morgan fingerprint density at radius 3 is 2.00 bits per heavy atom. The molecule has 1 unspecified atom stereocenters. The van der Waals surface area contributed by atoms with Gasteiger partial charge in [0.1, 0.15) is 0 Å². The highest BCUT2D eigenvalue weighted by atomic mass is 32.2. The molecule has 0 amide bonds. The number of sulfone groups is 1. The van der Waals surface area contributed by atoms with Crippen LogP contribution in [-0.4, -0.2) is 31.9 Å². The maximum atomic E-state index is 11.4. The maximum Gasteiger partial charge on any atom is 0.175 e. The van der Waals surface area contributed by atoms with Gasteiger partial charge < -0.3 is 10.4 Å². The molecular formula is C17H29NO3S. The molecule has 0 aliphatic carbocycles. The fourth-order valence-corrected chi connectivity index (χ4v) is 3.45. The van der Waals surface area contributed by atoms with Crippen molar-refractivity contribution in [2.45, 2.75) is 57.6 Å². The monoisotopic (exact) mass is 327 g/mol. The van der Waals surface area contributed by atoms with E-state index in [4.69, 9.17) is 0 Å². The third kappa shape index (κ3) is 6.46. The molecule has 0 saturated heterocycles. The minimum atomic E-state index is -3.20. The zero-order chi connectivity index (χ0) is 17.2. The second-order valence-electron chi connectivity index (χ2n) is 7.86. The number of benzene rings is 1. The summed E-state index contributed by atoms with van der Waals surface area (Å²) in [4.78, 5) is 0.268. The van der Waals surface area contributed by atoms with Crippen molar-refractivity contribution in [2.24, 2.45) is 5.41 Å². The van der Waals surface area contributed by atoms with E-state index in [1.54, 1.807) is 12.1 Å². The lowest BCUT2D eigenvalue weighted by Gasteiger charge is -2.34. The smallest absolute Gasteiger partial charge is 0.175 e. The van der Waals surface area contributed by atoms with Crippen molar-refractivity contribution in [3.8, 4) is 0 Å². The Labute approximate surface area is 134 Å².